The molecule has 6 nitrogen and oxygen atoms in total. The zero-order valence-electron chi connectivity index (χ0n) is 15.4. The molecule has 0 radical (unpaired) electrons. The van der Waals surface area contributed by atoms with Gasteiger partial charge in [-0.3, -0.25) is 14.4 Å². The van der Waals surface area contributed by atoms with Gasteiger partial charge in [-0.25, -0.2) is 0 Å². The molecular weight excluding hydrogens is 344 g/mol. The number of hydrogen-bond donors (Lipinski definition) is 3. The summed E-state index contributed by atoms with van der Waals surface area (Å²) in [5.41, 5.74) is 0.165. The standard InChI is InChI=1S/C21H24N2O4/c1-21(2,20(26)27)13-14-22-19(25)17(15-9-5-3-6-10-15)23-18(24)16-11-7-4-8-12-16/h3-12,17H,13-14H2,1-2H3,(H,22,25)(H,23,24)(H,26,27). The summed E-state index contributed by atoms with van der Waals surface area (Å²) >= 11 is 0. The van der Waals surface area contributed by atoms with Gasteiger partial charge in [0, 0.05) is 12.1 Å². The number of aliphatic carboxylic acids is 1. The van der Waals surface area contributed by atoms with Crippen LogP contribution >= 0.6 is 0 Å². The third-order valence-corrected chi connectivity index (χ3v) is 4.33. The summed E-state index contributed by atoms with van der Waals surface area (Å²) < 4.78 is 0. The first-order valence-electron chi connectivity index (χ1n) is 8.73. The number of benzene rings is 2. The summed E-state index contributed by atoms with van der Waals surface area (Å²) in [6, 6.07) is 16.7. The topological polar surface area (TPSA) is 95.5 Å². The average Bonchev–Trinajstić information content (AvgIpc) is 2.67. The molecule has 0 bridgehead atoms. The second-order valence-electron chi connectivity index (χ2n) is 6.91. The molecule has 0 saturated carbocycles. The van der Waals surface area contributed by atoms with Crippen molar-refractivity contribution < 1.29 is 19.5 Å². The van der Waals surface area contributed by atoms with Gasteiger partial charge in [-0.2, -0.15) is 0 Å². The highest BCUT2D eigenvalue weighted by Crippen LogP contribution is 2.20. The van der Waals surface area contributed by atoms with Gasteiger partial charge in [-0.1, -0.05) is 48.5 Å². The summed E-state index contributed by atoms with van der Waals surface area (Å²) in [7, 11) is 0. The number of carboxylic acids is 1. The first-order chi connectivity index (χ1) is 12.8. The van der Waals surface area contributed by atoms with Crippen LogP contribution in [0, 0.1) is 5.41 Å². The molecule has 2 aromatic rings. The molecule has 0 aliphatic rings. The monoisotopic (exact) mass is 368 g/mol. The van der Waals surface area contributed by atoms with Crippen LogP contribution in [0.4, 0.5) is 0 Å². The number of carbonyl (C=O) groups excluding carboxylic acids is 2. The molecule has 0 heterocycles. The Bertz CT molecular complexity index is 788. The quantitative estimate of drug-likeness (QED) is 0.668. The predicted molar refractivity (Wildman–Crippen MR) is 102 cm³/mol. The van der Waals surface area contributed by atoms with E-state index in [1.807, 2.05) is 12.1 Å². The van der Waals surface area contributed by atoms with E-state index >= 15 is 0 Å². The summed E-state index contributed by atoms with van der Waals surface area (Å²) in [6.07, 6.45) is 0.280. The van der Waals surface area contributed by atoms with Gasteiger partial charge in [0.1, 0.15) is 6.04 Å². The predicted octanol–water partition coefficient (Wildman–Crippen LogP) is 2.77. The van der Waals surface area contributed by atoms with Crippen molar-refractivity contribution >= 4 is 17.8 Å². The van der Waals surface area contributed by atoms with Crippen LogP contribution in [0.25, 0.3) is 0 Å². The van der Waals surface area contributed by atoms with E-state index < -0.39 is 17.4 Å². The highest BCUT2D eigenvalue weighted by Gasteiger charge is 2.28. The van der Waals surface area contributed by atoms with E-state index in [9.17, 15) is 14.4 Å². The van der Waals surface area contributed by atoms with Crippen molar-refractivity contribution in [1.29, 1.82) is 0 Å². The smallest absolute Gasteiger partial charge is 0.309 e. The van der Waals surface area contributed by atoms with Crippen LogP contribution in [0.15, 0.2) is 60.7 Å². The molecule has 0 aromatic heterocycles. The minimum atomic E-state index is -0.942. The highest BCUT2D eigenvalue weighted by atomic mass is 16.4. The molecule has 3 N–H and O–H groups in total. The number of amides is 2. The molecule has 0 aliphatic carbocycles. The second-order valence-corrected chi connectivity index (χ2v) is 6.91. The first kappa shape index (κ1) is 20.2. The molecule has 0 saturated heterocycles. The minimum Gasteiger partial charge on any atom is -0.481 e. The summed E-state index contributed by atoms with van der Waals surface area (Å²) in [5.74, 6) is -1.66. The maximum atomic E-state index is 12.7. The van der Waals surface area contributed by atoms with E-state index in [2.05, 4.69) is 10.6 Å². The Kier molecular flexibility index (Phi) is 6.71. The van der Waals surface area contributed by atoms with Crippen LogP contribution in [-0.2, 0) is 9.59 Å². The van der Waals surface area contributed by atoms with E-state index in [4.69, 9.17) is 5.11 Å². The maximum absolute atomic E-state index is 12.7. The number of hydrogen-bond acceptors (Lipinski definition) is 3. The fourth-order valence-corrected chi connectivity index (χ4v) is 2.46. The Labute approximate surface area is 158 Å². The van der Waals surface area contributed by atoms with Crippen LogP contribution in [0.5, 0.6) is 0 Å². The van der Waals surface area contributed by atoms with E-state index in [-0.39, 0.29) is 24.8 Å². The molecule has 1 unspecified atom stereocenters. The Balaban J connectivity index is 2.10. The van der Waals surface area contributed by atoms with Gasteiger partial charge < -0.3 is 15.7 Å². The second kappa shape index (κ2) is 8.98. The fourth-order valence-electron chi connectivity index (χ4n) is 2.46. The largest absolute Gasteiger partial charge is 0.481 e. The number of carboxylic acid groups (broad SMARTS) is 1. The van der Waals surface area contributed by atoms with Gasteiger partial charge in [0.25, 0.3) is 5.91 Å². The zero-order valence-corrected chi connectivity index (χ0v) is 15.4. The molecule has 2 amide bonds. The van der Waals surface area contributed by atoms with Crippen molar-refractivity contribution in [3.05, 3.63) is 71.8 Å². The summed E-state index contributed by atoms with van der Waals surface area (Å²) in [5, 5.41) is 14.7. The Morgan fingerprint density at radius 1 is 0.963 bits per heavy atom. The van der Waals surface area contributed by atoms with Gasteiger partial charge >= 0.3 is 5.97 Å². The number of carbonyl (C=O) groups is 3. The van der Waals surface area contributed by atoms with Crippen molar-refractivity contribution in [3.63, 3.8) is 0 Å². The third kappa shape index (κ3) is 5.67. The Morgan fingerprint density at radius 3 is 2.07 bits per heavy atom. The van der Waals surface area contributed by atoms with Crippen molar-refractivity contribution in [2.24, 2.45) is 5.41 Å². The van der Waals surface area contributed by atoms with Crippen LogP contribution in [-0.4, -0.2) is 29.4 Å². The highest BCUT2D eigenvalue weighted by molar-refractivity contribution is 5.97. The number of rotatable bonds is 8. The average molecular weight is 368 g/mol. The van der Waals surface area contributed by atoms with E-state index in [1.54, 1.807) is 62.4 Å². The molecule has 2 aromatic carbocycles. The van der Waals surface area contributed by atoms with Crippen LogP contribution in [0.3, 0.4) is 0 Å². The van der Waals surface area contributed by atoms with Crippen molar-refractivity contribution in [2.75, 3.05) is 6.54 Å². The van der Waals surface area contributed by atoms with Gasteiger partial charge in [0.05, 0.1) is 5.41 Å². The van der Waals surface area contributed by atoms with Crippen LogP contribution in [0.1, 0.15) is 42.2 Å². The maximum Gasteiger partial charge on any atom is 0.309 e. The molecule has 1 atom stereocenters. The molecule has 142 valence electrons. The molecule has 6 heteroatoms. The molecule has 2 rings (SSSR count). The molecular formula is C21H24N2O4. The van der Waals surface area contributed by atoms with E-state index in [0.717, 1.165) is 0 Å². The molecule has 27 heavy (non-hydrogen) atoms. The van der Waals surface area contributed by atoms with Crippen molar-refractivity contribution in [3.8, 4) is 0 Å². The normalized spacial score (nSPS) is 12.1. The zero-order chi connectivity index (χ0) is 19.9. The SMILES string of the molecule is CC(C)(CCNC(=O)C(NC(=O)c1ccccc1)c1ccccc1)C(=O)O. The summed E-state index contributed by atoms with van der Waals surface area (Å²) in [4.78, 5) is 36.4. The van der Waals surface area contributed by atoms with Crippen molar-refractivity contribution in [1.82, 2.24) is 10.6 Å². The molecule has 0 fully saturated rings. The summed E-state index contributed by atoms with van der Waals surface area (Å²) in [6.45, 7) is 3.41. The first-order valence-corrected chi connectivity index (χ1v) is 8.73. The Hall–Kier alpha value is -3.15. The lowest BCUT2D eigenvalue weighted by molar-refractivity contribution is -0.147. The van der Waals surface area contributed by atoms with Gasteiger partial charge in [0.15, 0.2) is 0 Å². The van der Waals surface area contributed by atoms with Crippen LogP contribution in [0.2, 0.25) is 0 Å². The Morgan fingerprint density at radius 2 is 1.52 bits per heavy atom. The van der Waals surface area contributed by atoms with Gasteiger partial charge in [0.2, 0.25) is 5.91 Å². The lowest BCUT2D eigenvalue weighted by Gasteiger charge is -2.22. The third-order valence-electron chi connectivity index (χ3n) is 4.33. The van der Waals surface area contributed by atoms with E-state index in [0.29, 0.717) is 11.1 Å². The van der Waals surface area contributed by atoms with E-state index in [1.165, 1.54) is 0 Å². The van der Waals surface area contributed by atoms with Gasteiger partial charge in [-0.05, 0) is 38.0 Å². The van der Waals surface area contributed by atoms with Crippen molar-refractivity contribution in [2.45, 2.75) is 26.3 Å². The fraction of sp³-hybridized carbons (Fsp3) is 0.286. The van der Waals surface area contributed by atoms with Crippen LogP contribution < -0.4 is 10.6 Å². The number of nitrogens with one attached hydrogen (secondary N) is 2. The lowest BCUT2D eigenvalue weighted by Crippen LogP contribution is -2.41. The molecule has 0 spiro atoms. The lowest BCUT2D eigenvalue weighted by atomic mass is 9.89. The minimum absolute atomic E-state index is 0.197. The van der Waals surface area contributed by atoms with Gasteiger partial charge in [-0.15, -0.1) is 0 Å². The molecule has 0 aliphatic heterocycles.